The molecule has 0 bridgehead atoms. The van der Waals surface area contributed by atoms with Crippen LogP contribution in [0.5, 0.6) is 0 Å². The molecule has 0 radical (unpaired) electrons. The lowest BCUT2D eigenvalue weighted by Crippen LogP contribution is -2.39. The van der Waals surface area contributed by atoms with Crippen LogP contribution in [0.15, 0.2) is 29.3 Å². The molecular formula is C23H39N5O2. The summed E-state index contributed by atoms with van der Waals surface area (Å²) in [6, 6.07) is 8.62. The molecule has 7 heteroatoms. The number of ether oxygens (including phenoxy) is 1. The first-order valence-corrected chi connectivity index (χ1v) is 11.1. The molecule has 2 rings (SSSR count). The Balaban J connectivity index is 1.71. The van der Waals surface area contributed by atoms with Crippen molar-refractivity contribution in [2.75, 3.05) is 33.2 Å². The third kappa shape index (κ3) is 9.48. The summed E-state index contributed by atoms with van der Waals surface area (Å²) in [5.41, 5.74) is 2.21. The van der Waals surface area contributed by atoms with Crippen molar-refractivity contribution >= 4 is 12.1 Å². The molecule has 1 fully saturated rings. The number of carbonyl (C=O) groups is 1. The summed E-state index contributed by atoms with van der Waals surface area (Å²) in [4.78, 5) is 18.5. The van der Waals surface area contributed by atoms with E-state index in [1.807, 2.05) is 20.8 Å². The van der Waals surface area contributed by atoms with Crippen LogP contribution >= 0.6 is 0 Å². The van der Waals surface area contributed by atoms with Gasteiger partial charge in [-0.25, -0.2) is 4.79 Å². The van der Waals surface area contributed by atoms with Crippen LogP contribution in [-0.2, 0) is 17.8 Å². The Labute approximate surface area is 181 Å². The Kier molecular flexibility index (Phi) is 9.94. The van der Waals surface area contributed by atoms with Gasteiger partial charge in [0.15, 0.2) is 5.96 Å². The topological polar surface area (TPSA) is 78.0 Å². The van der Waals surface area contributed by atoms with Gasteiger partial charge in [-0.1, -0.05) is 30.7 Å². The number of likely N-dealkylation sites (tertiary alicyclic amines) is 1. The number of guanidine groups is 1. The molecule has 0 atom stereocenters. The number of amides is 1. The highest BCUT2D eigenvalue weighted by molar-refractivity contribution is 5.79. The van der Waals surface area contributed by atoms with E-state index in [2.05, 4.69) is 50.1 Å². The number of alkyl carbamates (subject to hydrolysis) is 1. The monoisotopic (exact) mass is 417 g/mol. The molecule has 1 aliphatic rings. The largest absolute Gasteiger partial charge is 0.444 e. The summed E-state index contributed by atoms with van der Waals surface area (Å²) in [7, 11) is 1.77. The van der Waals surface area contributed by atoms with Crippen LogP contribution in [0.3, 0.4) is 0 Å². The fourth-order valence-corrected chi connectivity index (χ4v) is 3.44. The predicted molar refractivity (Wildman–Crippen MR) is 123 cm³/mol. The van der Waals surface area contributed by atoms with Gasteiger partial charge in [0.05, 0.1) is 0 Å². The van der Waals surface area contributed by atoms with Crippen molar-refractivity contribution in [2.45, 2.75) is 65.1 Å². The molecule has 1 heterocycles. The molecule has 1 amide bonds. The number of aliphatic imine (C=N–C) groups is 1. The fraction of sp³-hybridized carbons (Fsp3) is 0.652. The standard InChI is InChI=1S/C23H39N5O2/c1-23(2,3)30-22(29)26-14-10-13-25-21(24-4)27-17-19-11-6-7-12-20(19)18-28-15-8-5-9-16-28/h6-7,11-12H,5,8-10,13-18H2,1-4H3,(H,26,29)(H2,24,25,27). The summed E-state index contributed by atoms with van der Waals surface area (Å²) >= 11 is 0. The third-order valence-corrected chi connectivity index (χ3v) is 4.95. The molecule has 0 aromatic heterocycles. The predicted octanol–water partition coefficient (Wildman–Crippen LogP) is 3.25. The smallest absolute Gasteiger partial charge is 0.407 e. The van der Waals surface area contributed by atoms with E-state index in [1.54, 1.807) is 7.05 Å². The van der Waals surface area contributed by atoms with Crippen LogP contribution in [0, 0.1) is 0 Å². The summed E-state index contributed by atoms with van der Waals surface area (Å²) in [6.07, 6.45) is 4.37. The maximum atomic E-state index is 11.7. The number of nitrogens with zero attached hydrogens (tertiary/aromatic N) is 2. The minimum Gasteiger partial charge on any atom is -0.444 e. The van der Waals surface area contributed by atoms with E-state index in [4.69, 9.17) is 4.74 Å². The fourth-order valence-electron chi connectivity index (χ4n) is 3.44. The lowest BCUT2D eigenvalue weighted by atomic mass is 10.0. The second kappa shape index (κ2) is 12.4. The molecule has 0 spiro atoms. The van der Waals surface area contributed by atoms with Gasteiger partial charge in [-0.05, 0) is 64.3 Å². The van der Waals surface area contributed by atoms with Crippen molar-refractivity contribution in [2.24, 2.45) is 4.99 Å². The van der Waals surface area contributed by atoms with Crippen molar-refractivity contribution in [1.82, 2.24) is 20.9 Å². The zero-order valence-corrected chi connectivity index (χ0v) is 19.1. The van der Waals surface area contributed by atoms with Gasteiger partial charge in [-0.3, -0.25) is 9.89 Å². The summed E-state index contributed by atoms with van der Waals surface area (Å²) in [5, 5.41) is 9.47. The summed E-state index contributed by atoms with van der Waals surface area (Å²) in [6.45, 7) is 11.0. The van der Waals surface area contributed by atoms with Crippen molar-refractivity contribution in [3.63, 3.8) is 0 Å². The van der Waals surface area contributed by atoms with E-state index in [0.29, 0.717) is 13.1 Å². The Bertz CT molecular complexity index is 678. The zero-order valence-electron chi connectivity index (χ0n) is 19.1. The Morgan fingerprint density at radius 3 is 2.37 bits per heavy atom. The maximum absolute atomic E-state index is 11.7. The quantitative estimate of drug-likeness (QED) is 0.344. The number of hydrogen-bond acceptors (Lipinski definition) is 4. The van der Waals surface area contributed by atoms with E-state index >= 15 is 0 Å². The lowest BCUT2D eigenvalue weighted by molar-refractivity contribution is 0.0527. The average molecular weight is 418 g/mol. The molecule has 1 saturated heterocycles. The first-order chi connectivity index (χ1) is 14.4. The van der Waals surface area contributed by atoms with Gasteiger partial charge in [-0.2, -0.15) is 0 Å². The first kappa shape index (κ1) is 24.0. The number of piperidine rings is 1. The molecular weight excluding hydrogens is 378 g/mol. The van der Waals surface area contributed by atoms with E-state index in [-0.39, 0.29) is 6.09 Å². The molecule has 0 saturated carbocycles. The van der Waals surface area contributed by atoms with Crippen molar-refractivity contribution < 1.29 is 9.53 Å². The number of nitrogens with one attached hydrogen (secondary N) is 3. The maximum Gasteiger partial charge on any atom is 0.407 e. The minimum atomic E-state index is -0.474. The van der Waals surface area contributed by atoms with Gasteiger partial charge >= 0.3 is 6.09 Å². The van der Waals surface area contributed by atoms with Gasteiger partial charge in [0, 0.05) is 33.2 Å². The molecule has 0 aliphatic carbocycles. The molecule has 1 aromatic rings. The van der Waals surface area contributed by atoms with E-state index in [0.717, 1.165) is 25.5 Å². The Morgan fingerprint density at radius 2 is 1.70 bits per heavy atom. The van der Waals surface area contributed by atoms with E-state index in [9.17, 15) is 4.79 Å². The van der Waals surface area contributed by atoms with Gasteiger partial charge in [0.2, 0.25) is 0 Å². The third-order valence-electron chi connectivity index (χ3n) is 4.95. The molecule has 30 heavy (non-hydrogen) atoms. The van der Waals surface area contributed by atoms with Crippen molar-refractivity contribution in [3.8, 4) is 0 Å². The highest BCUT2D eigenvalue weighted by atomic mass is 16.6. The molecule has 3 N–H and O–H groups in total. The summed E-state index contributed by atoms with van der Waals surface area (Å²) in [5.74, 6) is 0.764. The zero-order chi connectivity index (χ0) is 21.8. The van der Waals surface area contributed by atoms with Gasteiger partial charge in [0.25, 0.3) is 0 Å². The number of rotatable bonds is 8. The SMILES string of the molecule is CN=C(NCCCNC(=O)OC(C)(C)C)NCc1ccccc1CN1CCCCC1. The molecule has 168 valence electrons. The van der Waals surface area contributed by atoms with Gasteiger partial charge in [-0.15, -0.1) is 0 Å². The second-order valence-corrected chi connectivity index (χ2v) is 8.74. The van der Waals surface area contributed by atoms with Crippen LogP contribution in [0.1, 0.15) is 57.6 Å². The lowest BCUT2D eigenvalue weighted by Gasteiger charge is -2.27. The first-order valence-electron chi connectivity index (χ1n) is 11.1. The number of hydrogen-bond donors (Lipinski definition) is 3. The number of carbonyl (C=O) groups excluding carboxylic acids is 1. The molecule has 0 unspecified atom stereocenters. The van der Waals surface area contributed by atoms with Crippen molar-refractivity contribution in [1.29, 1.82) is 0 Å². The highest BCUT2D eigenvalue weighted by Gasteiger charge is 2.15. The van der Waals surface area contributed by atoms with Gasteiger partial charge < -0.3 is 20.7 Å². The van der Waals surface area contributed by atoms with Crippen LogP contribution < -0.4 is 16.0 Å². The van der Waals surface area contributed by atoms with E-state index in [1.165, 1.54) is 43.5 Å². The molecule has 1 aliphatic heterocycles. The average Bonchev–Trinajstić information content (AvgIpc) is 2.70. The normalized spacial score (nSPS) is 15.5. The Hall–Kier alpha value is -2.28. The number of benzene rings is 1. The van der Waals surface area contributed by atoms with E-state index < -0.39 is 5.60 Å². The van der Waals surface area contributed by atoms with Crippen LogP contribution in [0.2, 0.25) is 0 Å². The van der Waals surface area contributed by atoms with Crippen molar-refractivity contribution in [3.05, 3.63) is 35.4 Å². The summed E-state index contributed by atoms with van der Waals surface area (Å²) < 4.78 is 5.23. The van der Waals surface area contributed by atoms with Crippen LogP contribution in [0.25, 0.3) is 0 Å². The van der Waals surface area contributed by atoms with Gasteiger partial charge in [0.1, 0.15) is 5.60 Å². The Morgan fingerprint density at radius 1 is 1.03 bits per heavy atom. The second-order valence-electron chi connectivity index (χ2n) is 8.74. The molecule has 1 aromatic carbocycles. The van der Waals surface area contributed by atoms with Crippen LogP contribution in [0.4, 0.5) is 4.79 Å². The minimum absolute atomic E-state index is 0.379. The molecule has 7 nitrogen and oxygen atoms in total. The highest BCUT2D eigenvalue weighted by Crippen LogP contribution is 2.16. The van der Waals surface area contributed by atoms with Crippen LogP contribution in [-0.4, -0.2) is 55.8 Å².